The largest absolute Gasteiger partial charge is 0.337 e. The lowest BCUT2D eigenvalue weighted by molar-refractivity contribution is 0.361. The third kappa shape index (κ3) is 2.09. The number of pyridine rings is 1. The third-order valence-corrected chi connectivity index (χ3v) is 2.28. The zero-order valence-electron chi connectivity index (χ0n) is 9.29. The number of nitrogens with zero attached hydrogens (tertiary/aromatic N) is 3. The summed E-state index contributed by atoms with van der Waals surface area (Å²) >= 11 is 0. The Morgan fingerprint density at radius 1 is 1.38 bits per heavy atom. The monoisotopic (exact) mass is 218 g/mol. The second kappa shape index (κ2) is 4.40. The molecule has 0 aliphatic carbocycles. The van der Waals surface area contributed by atoms with Gasteiger partial charge in [-0.1, -0.05) is 25.1 Å². The molecule has 0 bridgehead atoms. The maximum Gasteiger partial charge on any atom is 0.248 e. The van der Waals surface area contributed by atoms with Gasteiger partial charge in [0.1, 0.15) is 6.04 Å². The van der Waals surface area contributed by atoms with E-state index in [2.05, 4.69) is 15.1 Å². The average molecular weight is 218 g/mol. The molecule has 0 unspecified atom stereocenters. The molecule has 16 heavy (non-hydrogen) atoms. The summed E-state index contributed by atoms with van der Waals surface area (Å²) in [6, 6.07) is 3.31. The molecule has 2 aromatic heterocycles. The predicted molar refractivity (Wildman–Crippen MR) is 58.7 cm³/mol. The van der Waals surface area contributed by atoms with Gasteiger partial charge in [-0.05, 0) is 11.6 Å². The molecule has 2 aromatic rings. The van der Waals surface area contributed by atoms with Crippen LogP contribution in [-0.4, -0.2) is 15.1 Å². The van der Waals surface area contributed by atoms with Crippen molar-refractivity contribution < 1.29 is 4.52 Å². The average Bonchev–Trinajstić information content (AvgIpc) is 2.78. The Kier molecular flexibility index (Phi) is 2.96. The van der Waals surface area contributed by atoms with Crippen LogP contribution in [0.2, 0.25) is 0 Å². The van der Waals surface area contributed by atoms with E-state index in [4.69, 9.17) is 10.3 Å². The molecule has 0 saturated carbocycles. The molecule has 0 aliphatic rings. The summed E-state index contributed by atoms with van der Waals surface area (Å²) in [5, 5.41) is 3.88. The normalized spacial score (nSPS) is 13.0. The summed E-state index contributed by atoms with van der Waals surface area (Å²) in [7, 11) is 0. The van der Waals surface area contributed by atoms with E-state index in [0.29, 0.717) is 11.7 Å². The molecular formula is C11H14N4O. The molecule has 5 heteroatoms. The van der Waals surface area contributed by atoms with Gasteiger partial charge in [-0.2, -0.15) is 4.98 Å². The van der Waals surface area contributed by atoms with Crippen molar-refractivity contribution in [2.45, 2.75) is 25.8 Å². The molecule has 0 radical (unpaired) electrons. The van der Waals surface area contributed by atoms with Crippen molar-refractivity contribution in [2.75, 3.05) is 0 Å². The Morgan fingerprint density at radius 2 is 2.19 bits per heavy atom. The van der Waals surface area contributed by atoms with Crippen molar-refractivity contribution in [3.8, 4) is 0 Å². The molecule has 0 amide bonds. The van der Waals surface area contributed by atoms with Crippen molar-refractivity contribution in [2.24, 2.45) is 5.73 Å². The molecule has 5 nitrogen and oxygen atoms in total. The fraction of sp³-hybridized carbons (Fsp3) is 0.364. The number of hydrogen-bond donors (Lipinski definition) is 1. The highest BCUT2D eigenvalue weighted by atomic mass is 16.5. The maximum atomic E-state index is 5.99. The van der Waals surface area contributed by atoms with E-state index in [1.54, 1.807) is 12.4 Å². The second-order valence-corrected chi connectivity index (χ2v) is 3.91. The van der Waals surface area contributed by atoms with E-state index in [1.807, 2.05) is 26.0 Å². The summed E-state index contributed by atoms with van der Waals surface area (Å²) in [4.78, 5) is 8.26. The zero-order valence-corrected chi connectivity index (χ0v) is 9.29. The Labute approximate surface area is 93.7 Å². The van der Waals surface area contributed by atoms with Gasteiger partial charge in [0.15, 0.2) is 5.82 Å². The highest BCUT2D eigenvalue weighted by molar-refractivity contribution is 5.19. The quantitative estimate of drug-likeness (QED) is 0.847. The van der Waals surface area contributed by atoms with E-state index in [-0.39, 0.29) is 5.92 Å². The van der Waals surface area contributed by atoms with E-state index >= 15 is 0 Å². The van der Waals surface area contributed by atoms with Gasteiger partial charge in [-0.25, -0.2) is 0 Å². The van der Waals surface area contributed by atoms with Gasteiger partial charge in [0.2, 0.25) is 5.89 Å². The molecular weight excluding hydrogens is 204 g/mol. The minimum absolute atomic E-state index is 0.235. The fourth-order valence-corrected chi connectivity index (χ4v) is 1.31. The van der Waals surface area contributed by atoms with Crippen LogP contribution in [0.1, 0.15) is 43.1 Å². The van der Waals surface area contributed by atoms with Crippen LogP contribution in [0.25, 0.3) is 0 Å². The van der Waals surface area contributed by atoms with Crippen LogP contribution < -0.4 is 5.73 Å². The van der Waals surface area contributed by atoms with Gasteiger partial charge in [0.25, 0.3) is 0 Å². The van der Waals surface area contributed by atoms with Gasteiger partial charge < -0.3 is 10.3 Å². The van der Waals surface area contributed by atoms with Gasteiger partial charge in [0.05, 0.1) is 0 Å². The van der Waals surface area contributed by atoms with Gasteiger partial charge in [-0.3, -0.25) is 4.98 Å². The molecule has 0 fully saturated rings. The number of rotatable bonds is 3. The van der Waals surface area contributed by atoms with E-state index < -0.39 is 6.04 Å². The molecule has 2 heterocycles. The smallest absolute Gasteiger partial charge is 0.248 e. The molecule has 0 aliphatic heterocycles. The van der Waals surface area contributed by atoms with Gasteiger partial charge in [-0.15, -0.1) is 0 Å². The van der Waals surface area contributed by atoms with Gasteiger partial charge in [0, 0.05) is 18.3 Å². The van der Waals surface area contributed by atoms with Crippen LogP contribution in [0.5, 0.6) is 0 Å². The lowest BCUT2D eigenvalue weighted by Crippen LogP contribution is -2.12. The summed E-state index contributed by atoms with van der Waals surface area (Å²) < 4.78 is 5.13. The van der Waals surface area contributed by atoms with E-state index in [1.165, 1.54) is 0 Å². The number of hydrogen-bond acceptors (Lipinski definition) is 5. The first kappa shape index (κ1) is 10.8. The van der Waals surface area contributed by atoms with E-state index in [0.717, 1.165) is 5.56 Å². The number of aromatic nitrogens is 3. The summed E-state index contributed by atoms with van der Waals surface area (Å²) in [6.45, 7) is 4.01. The SMILES string of the molecule is CC(C)c1noc([C@@H](N)c2cccnc2)n1. The first-order valence-electron chi connectivity index (χ1n) is 5.17. The highest BCUT2D eigenvalue weighted by Crippen LogP contribution is 2.18. The Bertz CT molecular complexity index is 452. The van der Waals surface area contributed by atoms with E-state index in [9.17, 15) is 0 Å². The van der Waals surface area contributed by atoms with Crippen LogP contribution in [0.15, 0.2) is 29.0 Å². The first-order chi connectivity index (χ1) is 7.68. The Morgan fingerprint density at radius 3 is 2.75 bits per heavy atom. The molecule has 1 atom stereocenters. The molecule has 84 valence electrons. The van der Waals surface area contributed by atoms with Gasteiger partial charge >= 0.3 is 0 Å². The molecule has 2 N–H and O–H groups in total. The predicted octanol–water partition coefficient (Wildman–Crippen LogP) is 1.64. The zero-order chi connectivity index (χ0) is 11.5. The van der Waals surface area contributed by atoms with Crippen molar-refractivity contribution in [3.05, 3.63) is 41.8 Å². The molecule has 0 aromatic carbocycles. The Balaban J connectivity index is 2.24. The lowest BCUT2D eigenvalue weighted by atomic mass is 10.1. The third-order valence-electron chi connectivity index (χ3n) is 2.28. The molecule has 2 rings (SSSR count). The van der Waals surface area contributed by atoms with Crippen molar-refractivity contribution in [3.63, 3.8) is 0 Å². The second-order valence-electron chi connectivity index (χ2n) is 3.91. The first-order valence-corrected chi connectivity index (χ1v) is 5.17. The summed E-state index contributed by atoms with van der Waals surface area (Å²) in [6.07, 6.45) is 3.40. The van der Waals surface area contributed by atoms with Crippen LogP contribution in [0.3, 0.4) is 0 Å². The lowest BCUT2D eigenvalue weighted by Gasteiger charge is -2.05. The van der Waals surface area contributed by atoms with Crippen LogP contribution in [0.4, 0.5) is 0 Å². The van der Waals surface area contributed by atoms with Crippen molar-refractivity contribution in [1.29, 1.82) is 0 Å². The van der Waals surface area contributed by atoms with Crippen molar-refractivity contribution >= 4 is 0 Å². The highest BCUT2D eigenvalue weighted by Gasteiger charge is 2.17. The minimum Gasteiger partial charge on any atom is -0.337 e. The van der Waals surface area contributed by atoms with Crippen LogP contribution >= 0.6 is 0 Å². The maximum absolute atomic E-state index is 5.99. The van der Waals surface area contributed by atoms with Crippen LogP contribution in [0, 0.1) is 0 Å². The molecule has 0 saturated heterocycles. The topological polar surface area (TPSA) is 77.8 Å². The fourth-order valence-electron chi connectivity index (χ4n) is 1.31. The minimum atomic E-state index is -0.409. The number of nitrogens with two attached hydrogens (primary N) is 1. The van der Waals surface area contributed by atoms with Crippen molar-refractivity contribution in [1.82, 2.24) is 15.1 Å². The summed E-state index contributed by atoms with van der Waals surface area (Å²) in [5.41, 5.74) is 6.86. The summed E-state index contributed by atoms with van der Waals surface area (Å²) in [5.74, 6) is 1.34. The molecule has 0 spiro atoms. The standard InChI is InChI=1S/C11H14N4O/c1-7(2)10-14-11(16-15-10)9(12)8-4-3-5-13-6-8/h3-7,9H,12H2,1-2H3/t9-/m0/s1. The van der Waals surface area contributed by atoms with Crippen LogP contribution in [-0.2, 0) is 0 Å². The Hall–Kier alpha value is -1.75.